The van der Waals surface area contributed by atoms with E-state index in [1.165, 1.54) is 0 Å². The number of carbonyl (C=O) groups excluding carboxylic acids is 1. The highest BCUT2D eigenvalue weighted by Gasteiger charge is 2.28. The van der Waals surface area contributed by atoms with E-state index in [1.54, 1.807) is 24.3 Å². The summed E-state index contributed by atoms with van der Waals surface area (Å²) in [6, 6.07) is 18.8. The van der Waals surface area contributed by atoms with E-state index in [0.29, 0.717) is 17.9 Å². The van der Waals surface area contributed by atoms with Gasteiger partial charge < -0.3 is 14.8 Å². The first-order valence-corrected chi connectivity index (χ1v) is 13.8. The molecule has 0 radical (unpaired) electrons. The van der Waals surface area contributed by atoms with E-state index < -0.39 is 5.97 Å². The molecule has 0 unspecified atom stereocenters. The molecule has 2 aromatic heterocycles. The summed E-state index contributed by atoms with van der Waals surface area (Å²) >= 11 is 0. The van der Waals surface area contributed by atoms with Crippen molar-refractivity contribution in [2.24, 2.45) is 5.41 Å². The zero-order valence-electron chi connectivity index (χ0n) is 24.3. The van der Waals surface area contributed by atoms with Crippen LogP contribution >= 0.6 is 0 Å². The number of fused-ring (bicyclic) bond motifs is 1. The van der Waals surface area contributed by atoms with Gasteiger partial charge in [-0.05, 0) is 105 Å². The van der Waals surface area contributed by atoms with Crippen molar-refractivity contribution in [3.05, 3.63) is 78.0 Å². The second kappa shape index (κ2) is 11.5. The summed E-state index contributed by atoms with van der Waals surface area (Å²) in [4.78, 5) is 17.7. The summed E-state index contributed by atoms with van der Waals surface area (Å²) < 4.78 is 13.4. The number of aryl methyl sites for hydroxylation is 1. The Hall–Kier alpha value is -3.80. The molecule has 2 aromatic carbocycles. The summed E-state index contributed by atoms with van der Waals surface area (Å²) in [6.45, 7) is 16.1. The van der Waals surface area contributed by atoms with E-state index in [4.69, 9.17) is 14.5 Å². The molecule has 206 valence electrons. The van der Waals surface area contributed by atoms with Gasteiger partial charge >= 0.3 is 5.97 Å². The molecule has 0 amide bonds. The van der Waals surface area contributed by atoms with Crippen LogP contribution < -0.4 is 14.8 Å². The number of unbranched alkanes of at least 4 members (excludes halogenated alkanes) is 1. The Kier molecular flexibility index (Phi) is 8.34. The summed E-state index contributed by atoms with van der Waals surface area (Å²) in [5.41, 5.74) is 4.34. The van der Waals surface area contributed by atoms with Gasteiger partial charge in [0.2, 0.25) is 0 Å². The Labute approximate surface area is 232 Å². The summed E-state index contributed by atoms with van der Waals surface area (Å²) in [5.74, 6) is 1.78. The Morgan fingerprint density at radius 1 is 0.949 bits per heavy atom. The molecule has 6 nitrogen and oxygen atoms in total. The molecule has 0 spiro atoms. The van der Waals surface area contributed by atoms with E-state index in [9.17, 15) is 4.79 Å². The van der Waals surface area contributed by atoms with E-state index in [0.717, 1.165) is 53.3 Å². The minimum absolute atomic E-state index is 0.153. The fourth-order valence-electron chi connectivity index (χ4n) is 5.03. The van der Waals surface area contributed by atoms with Crippen LogP contribution in [-0.2, 0) is 0 Å². The van der Waals surface area contributed by atoms with Crippen molar-refractivity contribution in [2.75, 3.05) is 11.9 Å². The Morgan fingerprint density at radius 2 is 1.62 bits per heavy atom. The number of benzene rings is 2. The predicted molar refractivity (Wildman–Crippen MR) is 159 cm³/mol. The fourth-order valence-corrected chi connectivity index (χ4v) is 5.03. The summed E-state index contributed by atoms with van der Waals surface area (Å²) in [5, 5.41) is 3.78. The van der Waals surface area contributed by atoms with Gasteiger partial charge in [0.05, 0.1) is 12.2 Å². The minimum atomic E-state index is -0.405. The van der Waals surface area contributed by atoms with Gasteiger partial charge in [0.1, 0.15) is 28.7 Å². The largest absolute Gasteiger partial charge is 0.494 e. The monoisotopic (exact) mass is 527 g/mol. The van der Waals surface area contributed by atoms with Gasteiger partial charge in [-0.15, -0.1) is 0 Å². The van der Waals surface area contributed by atoms with Gasteiger partial charge in [0.15, 0.2) is 0 Å². The zero-order chi connectivity index (χ0) is 28.2. The van der Waals surface area contributed by atoms with Crippen molar-refractivity contribution in [3.8, 4) is 22.8 Å². The minimum Gasteiger partial charge on any atom is -0.494 e. The standard InChI is InChI=1S/C33H41N3O3/c1-8-9-20-38-26-14-12-25(13-15-26)31(37)39-27-16-10-24(11-17-27)29-30(35-33(6,7)22-32(3,4)5)36-19-18-23(2)21-28(36)34-29/h10-19,21,35H,8-9,20,22H2,1-7H3. The molecule has 0 aliphatic rings. The summed E-state index contributed by atoms with van der Waals surface area (Å²) in [6.07, 6.45) is 5.12. The molecule has 2 heterocycles. The topological polar surface area (TPSA) is 64.9 Å². The number of pyridine rings is 1. The molecule has 4 aromatic rings. The van der Waals surface area contributed by atoms with Crippen LogP contribution in [0.1, 0.15) is 76.7 Å². The van der Waals surface area contributed by atoms with Gasteiger partial charge in [0.25, 0.3) is 0 Å². The van der Waals surface area contributed by atoms with E-state index >= 15 is 0 Å². The van der Waals surface area contributed by atoms with Crippen LogP contribution in [-0.4, -0.2) is 27.5 Å². The lowest BCUT2D eigenvalue weighted by Gasteiger charge is -2.34. The van der Waals surface area contributed by atoms with Crippen molar-refractivity contribution >= 4 is 17.4 Å². The van der Waals surface area contributed by atoms with E-state index in [1.807, 2.05) is 24.3 Å². The number of anilines is 1. The maximum atomic E-state index is 12.7. The van der Waals surface area contributed by atoms with Gasteiger partial charge in [-0.3, -0.25) is 4.40 Å². The zero-order valence-corrected chi connectivity index (χ0v) is 24.3. The maximum Gasteiger partial charge on any atom is 0.343 e. The maximum absolute atomic E-state index is 12.7. The van der Waals surface area contributed by atoms with Crippen molar-refractivity contribution in [1.29, 1.82) is 0 Å². The van der Waals surface area contributed by atoms with Gasteiger partial charge in [-0.1, -0.05) is 34.1 Å². The third-order valence-corrected chi connectivity index (χ3v) is 6.41. The SMILES string of the molecule is CCCCOc1ccc(C(=O)Oc2ccc(-c3nc4cc(C)ccn4c3NC(C)(C)CC(C)(C)C)cc2)cc1. The lowest BCUT2D eigenvalue weighted by Crippen LogP contribution is -2.36. The first-order chi connectivity index (χ1) is 18.4. The smallest absolute Gasteiger partial charge is 0.343 e. The molecular formula is C33H41N3O3. The lowest BCUT2D eigenvalue weighted by atomic mass is 9.82. The second-order valence-corrected chi connectivity index (χ2v) is 12.1. The number of imidazole rings is 1. The second-order valence-electron chi connectivity index (χ2n) is 12.1. The van der Waals surface area contributed by atoms with Crippen molar-refractivity contribution in [2.45, 2.75) is 73.3 Å². The van der Waals surface area contributed by atoms with Crippen LogP contribution in [0.3, 0.4) is 0 Å². The van der Waals surface area contributed by atoms with E-state index in [-0.39, 0.29) is 11.0 Å². The number of nitrogens with one attached hydrogen (secondary N) is 1. The Balaban J connectivity index is 1.55. The first kappa shape index (κ1) is 28.2. The lowest BCUT2D eigenvalue weighted by molar-refractivity contribution is 0.0734. The number of ether oxygens (including phenoxy) is 2. The third kappa shape index (κ3) is 7.41. The number of esters is 1. The Bertz CT molecular complexity index is 1410. The molecular weight excluding hydrogens is 486 g/mol. The number of hydrogen-bond acceptors (Lipinski definition) is 5. The molecule has 0 aliphatic carbocycles. The number of nitrogens with zero attached hydrogens (tertiary/aromatic N) is 2. The molecule has 0 aliphatic heterocycles. The van der Waals surface area contributed by atoms with Crippen molar-refractivity contribution in [3.63, 3.8) is 0 Å². The molecule has 39 heavy (non-hydrogen) atoms. The average Bonchev–Trinajstić information content (AvgIpc) is 3.20. The molecule has 6 heteroatoms. The predicted octanol–water partition coefficient (Wildman–Crippen LogP) is 8.33. The van der Waals surface area contributed by atoms with Gasteiger partial charge in [0, 0.05) is 17.3 Å². The molecule has 0 fully saturated rings. The van der Waals surface area contributed by atoms with E-state index in [2.05, 4.69) is 76.5 Å². The molecule has 0 bridgehead atoms. The van der Waals surface area contributed by atoms with Crippen molar-refractivity contribution in [1.82, 2.24) is 9.38 Å². The molecule has 4 rings (SSSR count). The summed E-state index contributed by atoms with van der Waals surface area (Å²) in [7, 11) is 0. The quantitative estimate of drug-likeness (QED) is 0.128. The molecule has 0 atom stereocenters. The third-order valence-electron chi connectivity index (χ3n) is 6.41. The molecule has 0 saturated carbocycles. The highest BCUT2D eigenvalue weighted by molar-refractivity contribution is 5.91. The number of hydrogen-bond donors (Lipinski definition) is 1. The number of carbonyl (C=O) groups is 1. The van der Waals surface area contributed by atoms with Crippen LogP contribution in [0.15, 0.2) is 66.9 Å². The Morgan fingerprint density at radius 3 is 2.26 bits per heavy atom. The highest BCUT2D eigenvalue weighted by atomic mass is 16.5. The van der Waals surface area contributed by atoms with Crippen LogP contribution in [0.25, 0.3) is 16.9 Å². The van der Waals surface area contributed by atoms with Crippen LogP contribution in [0, 0.1) is 12.3 Å². The molecule has 1 N–H and O–H groups in total. The number of rotatable bonds is 10. The number of aromatic nitrogens is 2. The normalized spacial score (nSPS) is 12.0. The van der Waals surface area contributed by atoms with Gasteiger partial charge in [-0.25, -0.2) is 9.78 Å². The van der Waals surface area contributed by atoms with Crippen LogP contribution in [0.2, 0.25) is 0 Å². The van der Waals surface area contributed by atoms with Crippen LogP contribution in [0.4, 0.5) is 5.82 Å². The van der Waals surface area contributed by atoms with Crippen LogP contribution in [0.5, 0.6) is 11.5 Å². The average molecular weight is 528 g/mol. The van der Waals surface area contributed by atoms with Crippen molar-refractivity contribution < 1.29 is 14.3 Å². The van der Waals surface area contributed by atoms with Gasteiger partial charge in [-0.2, -0.15) is 0 Å². The fraction of sp³-hybridized carbons (Fsp3) is 0.394. The molecule has 0 saturated heterocycles. The first-order valence-electron chi connectivity index (χ1n) is 13.8. The highest BCUT2D eigenvalue weighted by Crippen LogP contribution is 2.35.